The van der Waals surface area contributed by atoms with Gasteiger partial charge < -0.3 is 5.32 Å². The molecule has 20 heavy (non-hydrogen) atoms. The van der Waals surface area contributed by atoms with Crippen molar-refractivity contribution >= 4 is 11.3 Å². The van der Waals surface area contributed by atoms with Crippen LogP contribution < -0.4 is 5.32 Å². The second kappa shape index (κ2) is 8.11. The molecule has 1 fully saturated rings. The van der Waals surface area contributed by atoms with Crippen molar-refractivity contribution in [3.63, 3.8) is 0 Å². The van der Waals surface area contributed by atoms with Gasteiger partial charge in [-0.3, -0.25) is 4.90 Å². The lowest BCUT2D eigenvalue weighted by atomic mass is 9.96. The van der Waals surface area contributed by atoms with Crippen molar-refractivity contribution in [2.24, 2.45) is 11.8 Å². The Morgan fingerprint density at radius 3 is 3.10 bits per heavy atom. The summed E-state index contributed by atoms with van der Waals surface area (Å²) < 4.78 is 0. The van der Waals surface area contributed by atoms with E-state index in [2.05, 4.69) is 36.4 Å². The van der Waals surface area contributed by atoms with Gasteiger partial charge in [-0.1, -0.05) is 27.2 Å². The molecule has 4 heteroatoms. The number of likely N-dealkylation sites (tertiary alicyclic amines) is 1. The van der Waals surface area contributed by atoms with E-state index in [1.807, 2.05) is 0 Å². The maximum atomic E-state index is 4.77. The molecule has 2 rings (SSSR count). The van der Waals surface area contributed by atoms with Crippen molar-refractivity contribution in [1.82, 2.24) is 15.2 Å². The summed E-state index contributed by atoms with van der Waals surface area (Å²) in [6, 6.07) is 0. The molecule has 1 aliphatic heterocycles. The average Bonchev–Trinajstić information content (AvgIpc) is 2.86. The van der Waals surface area contributed by atoms with Crippen LogP contribution in [0.3, 0.4) is 0 Å². The van der Waals surface area contributed by atoms with Crippen LogP contribution in [0.4, 0.5) is 0 Å². The number of thiazole rings is 1. The fraction of sp³-hybridized carbons (Fsp3) is 0.812. The van der Waals surface area contributed by atoms with Gasteiger partial charge >= 0.3 is 0 Å². The van der Waals surface area contributed by atoms with Gasteiger partial charge in [0.2, 0.25) is 0 Å². The lowest BCUT2D eigenvalue weighted by molar-refractivity contribution is 0.163. The van der Waals surface area contributed by atoms with Crippen LogP contribution in [0, 0.1) is 11.8 Å². The molecule has 0 spiro atoms. The van der Waals surface area contributed by atoms with Crippen LogP contribution in [0.1, 0.15) is 50.7 Å². The summed E-state index contributed by atoms with van der Waals surface area (Å²) in [4.78, 5) is 7.35. The highest BCUT2D eigenvalue weighted by Gasteiger charge is 2.19. The first-order valence-electron chi connectivity index (χ1n) is 8.03. The summed E-state index contributed by atoms with van der Waals surface area (Å²) in [7, 11) is 0. The first kappa shape index (κ1) is 15.9. The highest BCUT2D eigenvalue weighted by atomic mass is 32.1. The Labute approximate surface area is 127 Å². The van der Waals surface area contributed by atoms with E-state index in [1.54, 1.807) is 11.3 Å². The summed E-state index contributed by atoms with van der Waals surface area (Å²) in [6.45, 7) is 12.3. The van der Waals surface area contributed by atoms with Gasteiger partial charge in [-0.25, -0.2) is 4.98 Å². The molecule has 1 saturated heterocycles. The first-order valence-corrected chi connectivity index (χ1v) is 8.91. The number of nitrogens with zero attached hydrogens (tertiary/aromatic N) is 2. The Kier molecular flexibility index (Phi) is 6.46. The van der Waals surface area contributed by atoms with Gasteiger partial charge in [0.25, 0.3) is 0 Å². The molecular weight excluding hydrogens is 266 g/mol. The van der Waals surface area contributed by atoms with Crippen LogP contribution >= 0.6 is 11.3 Å². The van der Waals surface area contributed by atoms with Crippen molar-refractivity contribution in [1.29, 1.82) is 0 Å². The summed E-state index contributed by atoms with van der Waals surface area (Å²) in [6.07, 6.45) is 4.08. The van der Waals surface area contributed by atoms with Gasteiger partial charge in [0.05, 0.1) is 5.69 Å². The number of piperidine rings is 1. The van der Waals surface area contributed by atoms with Crippen LogP contribution in [0.5, 0.6) is 0 Å². The first-order chi connectivity index (χ1) is 9.67. The Balaban J connectivity index is 1.77. The lowest BCUT2D eigenvalue weighted by Gasteiger charge is -2.31. The van der Waals surface area contributed by atoms with E-state index >= 15 is 0 Å². The van der Waals surface area contributed by atoms with Crippen LogP contribution in [0.2, 0.25) is 0 Å². The maximum absolute atomic E-state index is 4.77. The lowest BCUT2D eigenvalue weighted by Crippen LogP contribution is -2.34. The molecule has 1 atom stereocenters. The normalized spacial score (nSPS) is 20.7. The molecule has 1 aromatic heterocycles. The highest BCUT2D eigenvalue weighted by Crippen LogP contribution is 2.21. The molecule has 0 saturated carbocycles. The van der Waals surface area contributed by atoms with Crippen molar-refractivity contribution in [3.8, 4) is 0 Å². The van der Waals surface area contributed by atoms with E-state index in [1.165, 1.54) is 43.1 Å². The topological polar surface area (TPSA) is 28.2 Å². The smallest absolute Gasteiger partial charge is 0.107 e. The zero-order valence-corrected chi connectivity index (χ0v) is 14.0. The minimum absolute atomic E-state index is 0.703. The zero-order chi connectivity index (χ0) is 14.4. The zero-order valence-electron chi connectivity index (χ0n) is 13.2. The predicted molar refractivity (Wildman–Crippen MR) is 87.0 cm³/mol. The fourth-order valence-corrected chi connectivity index (χ4v) is 3.58. The van der Waals surface area contributed by atoms with Crippen molar-refractivity contribution in [3.05, 3.63) is 16.1 Å². The number of aromatic nitrogens is 1. The maximum Gasteiger partial charge on any atom is 0.107 e. The van der Waals surface area contributed by atoms with Crippen molar-refractivity contribution in [2.75, 3.05) is 19.6 Å². The monoisotopic (exact) mass is 295 g/mol. The Bertz CT molecular complexity index is 389. The third-order valence-corrected chi connectivity index (χ3v) is 4.89. The van der Waals surface area contributed by atoms with Crippen LogP contribution in [0.25, 0.3) is 0 Å². The number of nitrogens with one attached hydrogen (secondary N) is 1. The largest absolute Gasteiger partial charge is 0.310 e. The molecule has 0 aromatic carbocycles. The van der Waals surface area contributed by atoms with Crippen molar-refractivity contribution in [2.45, 2.75) is 53.1 Å². The second-order valence-electron chi connectivity index (χ2n) is 6.41. The molecule has 2 heterocycles. The third kappa shape index (κ3) is 5.15. The summed E-state index contributed by atoms with van der Waals surface area (Å²) in [5.41, 5.74) is 1.26. The number of rotatable bonds is 7. The molecule has 1 aliphatic rings. The molecule has 3 nitrogen and oxygen atoms in total. The van der Waals surface area contributed by atoms with Gasteiger partial charge in [0.1, 0.15) is 5.01 Å². The van der Waals surface area contributed by atoms with E-state index in [4.69, 9.17) is 4.98 Å². The Morgan fingerprint density at radius 2 is 2.35 bits per heavy atom. The van der Waals surface area contributed by atoms with Crippen molar-refractivity contribution < 1.29 is 0 Å². The predicted octanol–water partition coefficient (Wildman–Crippen LogP) is 3.51. The van der Waals surface area contributed by atoms with E-state index in [-0.39, 0.29) is 0 Å². The van der Waals surface area contributed by atoms with Gasteiger partial charge in [0.15, 0.2) is 0 Å². The minimum atomic E-state index is 0.703. The van der Waals surface area contributed by atoms with E-state index in [0.717, 1.165) is 25.6 Å². The molecule has 0 amide bonds. The van der Waals surface area contributed by atoms with Gasteiger partial charge in [-0.2, -0.15) is 0 Å². The molecule has 1 aromatic rings. The van der Waals surface area contributed by atoms with E-state index in [9.17, 15) is 0 Å². The van der Waals surface area contributed by atoms with Crippen LogP contribution in [-0.4, -0.2) is 29.5 Å². The number of hydrogen-bond donors (Lipinski definition) is 1. The quantitative estimate of drug-likeness (QED) is 0.834. The second-order valence-corrected chi connectivity index (χ2v) is 7.35. The molecular formula is C16H29N3S. The Hall–Kier alpha value is -0.450. The molecule has 0 aliphatic carbocycles. The van der Waals surface area contributed by atoms with Crippen LogP contribution in [-0.2, 0) is 13.1 Å². The SMILES string of the molecule is CCC1CCCN(Cc2csc(CNCC(C)C)n2)C1. The fourth-order valence-electron chi connectivity index (χ4n) is 2.83. The molecule has 0 radical (unpaired) electrons. The molecule has 1 unspecified atom stereocenters. The summed E-state index contributed by atoms with van der Waals surface area (Å²) >= 11 is 1.80. The van der Waals surface area contributed by atoms with E-state index in [0.29, 0.717) is 5.92 Å². The van der Waals surface area contributed by atoms with E-state index < -0.39 is 0 Å². The summed E-state index contributed by atoms with van der Waals surface area (Å²) in [5, 5.41) is 6.93. The van der Waals surface area contributed by atoms with Gasteiger partial charge in [0, 0.05) is 25.0 Å². The Morgan fingerprint density at radius 1 is 1.50 bits per heavy atom. The minimum Gasteiger partial charge on any atom is -0.310 e. The summed E-state index contributed by atoms with van der Waals surface area (Å²) in [5.74, 6) is 1.60. The van der Waals surface area contributed by atoms with Gasteiger partial charge in [-0.05, 0) is 37.8 Å². The molecule has 114 valence electrons. The molecule has 1 N–H and O–H groups in total. The highest BCUT2D eigenvalue weighted by molar-refractivity contribution is 7.09. The third-order valence-electron chi connectivity index (χ3n) is 3.99. The molecule has 0 bridgehead atoms. The number of hydrogen-bond acceptors (Lipinski definition) is 4. The standard InChI is InChI=1S/C16H29N3S/c1-4-14-6-5-7-19(10-14)11-15-12-20-16(18-15)9-17-8-13(2)3/h12-14,17H,4-11H2,1-3H3. The average molecular weight is 295 g/mol. The van der Waals surface area contributed by atoms with Gasteiger partial charge in [-0.15, -0.1) is 11.3 Å². The van der Waals surface area contributed by atoms with Crippen LogP contribution in [0.15, 0.2) is 5.38 Å².